The highest BCUT2D eigenvalue weighted by atomic mass is 32.2. The Morgan fingerprint density at radius 1 is 1.47 bits per heavy atom. The van der Waals surface area contributed by atoms with Crippen molar-refractivity contribution in [2.75, 3.05) is 14.1 Å². The van der Waals surface area contributed by atoms with E-state index >= 15 is 0 Å². The van der Waals surface area contributed by atoms with Crippen LogP contribution in [0.15, 0.2) is 5.16 Å². The second-order valence-corrected chi connectivity index (χ2v) is 7.19. The molecule has 0 bridgehead atoms. The molecule has 1 aliphatic rings. The summed E-state index contributed by atoms with van der Waals surface area (Å²) in [7, 11) is -0.735. The van der Waals surface area contributed by atoms with Gasteiger partial charge in [-0.2, -0.15) is 17.4 Å². The summed E-state index contributed by atoms with van der Waals surface area (Å²) in [6, 6.07) is 0. The molecule has 19 heavy (non-hydrogen) atoms. The minimum Gasteiger partial charge on any atom is -0.409 e. The molecule has 0 aromatic rings. The molecule has 0 amide bonds. The number of hydrogen-bond acceptors (Lipinski definition) is 4. The highest BCUT2D eigenvalue weighted by molar-refractivity contribution is 7.87. The molecule has 1 rings (SSSR count). The minimum absolute atomic E-state index is 0.0625. The number of nitrogens with zero attached hydrogens (tertiary/aromatic N) is 2. The Morgan fingerprint density at radius 2 is 2.00 bits per heavy atom. The SMILES string of the molecule is CCC1CCC(NS(=O)(=O)N(C)C)(/C(N)=N/O)CC1. The highest BCUT2D eigenvalue weighted by Crippen LogP contribution is 2.34. The Hall–Kier alpha value is -0.860. The molecule has 1 saturated carbocycles. The summed E-state index contributed by atoms with van der Waals surface area (Å²) in [6.07, 6.45) is 3.89. The van der Waals surface area contributed by atoms with Crippen molar-refractivity contribution in [3.05, 3.63) is 0 Å². The van der Waals surface area contributed by atoms with Gasteiger partial charge in [0.2, 0.25) is 0 Å². The van der Waals surface area contributed by atoms with Crippen LogP contribution < -0.4 is 10.5 Å². The van der Waals surface area contributed by atoms with E-state index in [1.807, 2.05) is 0 Å². The third-order valence-electron chi connectivity index (χ3n) is 3.94. The third kappa shape index (κ3) is 3.58. The zero-order chi connectivity index (χ0) is 14.7. The summed E-state index contributed by atoms with van der Waals surface area (Å²) >= 11 is 0. The van der Waals surface area contributed by atoms with Gasteiger partial charge >= 0.3 is 0 Å². The maximum absolute atomic E-state index is 12.0. The quantitative estimate of drug-likeness (QED) is 0.296. The number of amidine groups is 1. The predicted octanol–water partition coefficient (Wildman–Crippen LogP) is 0.468. The van der Waals surface area contributed by atoms with Crippen LogP contribution in [0.25, 0.3) is 0 Å². The predicted molar refractivity (Wildman–Crippen MR) is 74.1 cm³/mol. The van der Waals surface area contributed by atoms with Gasteiger partial charge in [0.15, 0.2) is 5.84 Å². The van der Waals surface area contributed by atoms with Crippen LogP contribution in [0.4, 0.5) is 0 Å². The van der Waals surface area contributed by atoms with E-state index in [9.17, 15) is 8.42 Å². The summed E-state index contributed by atoms with van der Waals surface area (Å²) in [5.41, 5.74) is 4.76. The number of rotatable bonds is 5. The molecule has 0 aromatic carbocycles. The van der Waals surface area contributed by atoms with E-state index in [2.05, 4.69) is 16.8 Å². The van der Waals surface area contributed by atoms with Gasteiger partial charge in [0, 0.05) is 14.1 Å². The van der Waals surface area contributed by atoms with E-state index in [0.29, 0.717) is 18.8 Å². The number of nitrogens with one attached hydrogen (secondary N) is 1. The molecule has 0 unspecified atom stereocenters. The van der Waals surface area contributed by atoms with Crippen molar-refractivity contribution in [1.29, 1.82) is 0 Å². The molecule has 1 aliphatic carbocycles. The molecule has 0 saturated heterocycles. The van der Waals surface area contributed by atoms with Crippen molar-refractivity contribution in [2.24, 2.45) is 16.8 Å². The molecule has 8 heteroatoms. The molecule has 0 heterocycles. The molecule has 0 aromatic heterocycles. The van der Waals surface area contributed by atoms with E-state index in [1.165, 1.54) is 14.1 Å². The summed E-state index contributed by atoms with van der Waals surface area (Å²) in [5, 5.41) is 12.0. The number of hydrogen-bond donors (Lipinski definition) is 3. The molecular formula is C11H24N4O3S. The van der Waals surface area contributed by atoms with Crippen LogP contribution in [-0.2, 0) is 10.2 Å². The average molecular weight is 292 g/mol. The van der Waals surface area contributed by atoms with Crippen molar-refractivity contribution in [3.8, 4) is 0 Å². The van der Waals surface area contributed by atoms with Crippen LogP contribution in [0.5, 0.6) is 0 Å². The van der Waals surface area contributed by atoms with Gasteiger partial charge in [-0.1, -0.05) is 18.5 Å². The van der Waals surface area contributed by atoms with Crippen molar-refractivity contribution in [2.45, 2.75) is 44.6 Å². The Morgan fingerprint density at radius 3 is 2.37 bits per heavy atom. The second-order valence-electron chi connectivity index (χ2n) is 5.31. The fraction of sp³-hybridized carbons (Fsp3) is 0.909. The van der Waals surface area contributed by atoms with Crippen molar-refractivity contribution in [1.82, 2.24) is 9.03 Å². The van der Waals surface area contributed by atoms with E-state index in [1.54, 1.807) is 0 Å². The molecule has 1 fully saturated rings. The first-order valence-corrected chi connectivity index (χ1v) is 7.91. The first kappa shape index (κ1) is 16.2. The maximum atomic E-state index is 12.0. The van der Waals surface area contributed by atoms with Crippen LogP contribution in [0.1, 0.15) is 39.0 Å². The Bertz CT molecular complexity index is 425. The molecule has 112 valence electrons. The van der Waals surface area contributed by atoms with Crippen LogP contribution in [-0.4, -0.2) is 43.4 Å². The van der Waals surface area contributed by atoms with Gasteiger partial charge in [0.25, 0.3) is 10.2 Å². The lowest BCUT2D eigenvalue weighted by Crippen LogP contribution is -2.60. The molecule has 0 radical (unpaired) electrons. The van der Waals surface area contributed by atoms with E-state index in [0.717, 1.165) is 23.6 Å². The van der Waals surface area contributed by atoms with Gasteiger partial charge in [0.05, 0.1) is 5.54 Å². The third-order valence-corrected chi connectivity index (χ3v) is 5.55. The molecule has 0 atom stereocenters. The maximum Gasteiger partial charge on any atom is 0.279 e. The van der Waals surface area contributed by atoms with Crippen molar-refractivity contribution in [3.63, 3.8) is 0 Å². The average Bonchev–Trinajstić information content (AvgIpc) is 2.38. The van der Waals surface area contributed by atoms with Gasteiger partial charge < -0.3 is 10.9 Å². The Balaban J connectivity index is 2.98. The summed E-state index contributed by atoms with van der Waals surface area (Å²) in [4.78, 5) is 0. The lowest BCUT2D eigenvalue weighted by molar-refractivity contribution is 0.251. The monoisotopic (exact) mass is 292 g/mol. The molecule has 0 aliphatic heterocycles. The molecule has 7 nitrogen and oxygen atoms in total. The van der Waals surface area contributed by atoms with Crippen LogP contribution in [0.2, 0.25) is 0 Å². The van der Waals surface area contributed by atoms with E-state index in [-0.39, 0.29) is 5.84 Å². The van der Waals surface area contributed by atoms with Gasteiger partial charge in [-0.3, -0.25) is 0 Å². The summed E-state index contributed by atoms with van der Waals surface area (Å²) in [5.74, 6) is 0.510. The van der Waals surface area contributed by atoms with Gasteiger partial charge in [-0.25, -0.2) is 0 Å². The van der Waals surface area contributed by atoms with Crippen molar-refractivity contribution < 1.29 is 13.6 Å². The summed E-state index contributed by atoms with van der Waals surface area (Å²) < 4.78 is 27.7. The molecule has 4 N–H and O–H groups in total. The first-order chi connectivity index (χ1) is 8.77. The van der Waals surface area contributed by atoms with Gasteiger partial charge in [0.1, 0.15) is 0 Å². The second kappa shape index (κ2) is 6.06. The van der Waals surface area contributed by atoms with E-state index < -0.39 is 15.7 Å². The zero-order valence-electron chi connectivity index (χ0n) is 11.8. The van der Waals surface area contributed by atoms with Crippen LogP contribution >= 0.6 is 0 Å². The number of oxime groups is 1. The Kier molecular flexibility index (Phi) is 5.17. The van der Waals surface area contributed by atoms with Gasteiger partial charge in [-0.15, -0.1) is 0 Å². The fourth-order valence-corrected chi connectivity index (χ4v) is 3.41. The lowest BCUT2D eigenvalue weighted by Gasteiger charge is -2.39. The Labute approximate surface area is 115 Å². The largest absolute Gasteiger partial charge is 0.409 e. The summed E-state index contributed by atoms with van der Waals surface area (Å²) in [6.45, 7) is 2.12. The first-order valence-electron chi connectivity index (χ1n) is 6.47. The van der Waals surface area contributed by atoms with Gasteiger partial charge in [-0.05, 0) is 31.6 Å². The minimum atomic E-state index is -3.62. The number of nitrogens with two attached hydrogens (primary N) is 1. The molecule has 0 spiro atoms. The zero-order valence-corrected chi connectivity index (χ0v) is 12.6. The van der Waals surface area contributed by atoms with Crippen LogP contribution in [0.3, 0.4) is 0 Å². The fourth-order valence-electron chi connectivity index (χ4n) is 2.42. The van der Waals surface area contributed by atoms with Crippen LogP contribution in [0, 0.1) is 5.92 Å². The van der Waals surface area contributed by atoms with Crippen molar-refractivity contribution >= 4 is 16.0 Å². The standard InChI is InChI=1S/C11H24N4O3S/c1-4-9-5-7-11(8-6-9,10(12)13-16)14-19(17,18)15(2)3/h9,14,16H,4-8H2,1-3H3,(H2,12,13). The topological polar surface area (TPSA) is 108 Å². The highest BCUT2D eigenvalue weighted by Gasteiger charge is 2.42. The lowest BCUT2D eigenvalue weighted by atomic mass is 9.75. The molecular weight excluding hydrogens is 268 g/mol. The van der Waals surface area contributed by atoms with E-state index in [4.69, 9.17) is 10.9 Å². The smallest absolute Gasteiger partial charge is 0.279 e. The normalized spacial score (nSPS) is 29.7.